The van der Waals surface area contributed by atoms with Crippen LogP contribution in [-0.4, -0.2) is 20.9 Å². The summed E-state index contributed by atoms with van der Waals surface area (Å²) in [5.74, 6) is 0.142. The standard InChI is InChI=1S/C12H15N5O/c1-8-3-4-9(2)10(5-8)14-12(18)7-17-6-11(13)15-16-17/h3-6H,7,13H2,1-2H3,(H,14,18). The van der Waals surface area contributed by atoms with Crippen molar-refractivity contribution in [2.45, 2.75) is 20.4 Å². The van der Waals surface area contributed by atoms with Crippen LogP contribution in [0, 0.1) is 13.8 Å². The lowest BCUT2D eigenvalue weighted by atomic mass is 10.1. The van der Waals surface area contributed by atoms with Gasteiger partial charge in [-0.15, -0.1) is 5.10 Å². The summed E-state index contributed by atoms with van der Waals surface area (Å²) < 4.78 is 1.40. The highest BCUT2D eigenvalue weighted by molar-refractivity contribution is 5.91. The molecule has 0 aliphatic rings. The second kappa shape index (κ2) is 4.87. The lowest BCUT2D eigenvalue weighted by molar-refractivity contribution is -0.116. The van der Waals surface area contributed by atoms with Gasteiger partial charge >= 0.3 is 0 Å². The molecule has 94 valence electrons. The van der Waals surface area contributed by atoms with E-state index in [1.54, 1.807) is 0 Å². The smallest absolute Gasteiger partial charge is 0.246 e. The number of amides is 1. The Morgan fingerprint density at radius 3 is 2.89 bits per heavy atom. The molecule has 3 N–H and O–H groups in total. The summed E-state index contributed by atoms with van der Waals surface area (Å²) in [6, 6.07) is 5.91. The van der Waals surface area contributed by atoms with E-state index in [0.29, 0.717) is 5.82 Å². The van der Waals surface area contributed by atoms with Crippen LogP contribution in [0.15, 0.2) is 24.4 Å². The highest BCUT2D eigenvalue weighted by atomic mass is 16.2. The minimum absolute atomic E-state index is 0.0948. The van der Waals surface area contributed by atoms with Gasteiger partial charge in [-0.05, 0) is 31.0 Å². The molecule has 0 spiro atoms. The Kier molecular flexibility index (Phi) is 3.27. The third-order valence-electron chi connectivity index (χ3n) is 2.53. The Balaban J connectivity index is 2.05. The largest absolute Gasteiger partial charge is 0.381 e. The fourth-order valence-electron chi connectivity index (χ4n) is 1.60. The molecule has 2 rings (SSSR count). The number of nitrogen functional groups attached to an aromatic ring is 1. The van der Waals surface area contributed by atoms with Crippen LogP contribution >= 0.6 is 0 Å². The molecule has 1 heterocycles. The number of nitrogens with one attached hydrogen (secondary N) is 1. The van der Waals surface area contributed by atoms with E-state index in [1.807, 2.05) is 32.0 Å². The number of rotatable bonds is 3. The molecule has 0 saturated heterocycles. The van der Waals surface area contributed by atoms with E-state index in [4.69, 9.17) is 5.73 Å². The SMILES string of the molecule is Cc1ccc(C)c(NC(=O)Cn2cc(N)nn2)c1. The molecule has 1 aromatic carbocycles. The number of carbonyl (C=O) groups is 1. The van der Waals surface area contributed by atoms with Gasteiger partial charge in [-0.1, -0.05) is 17.3 Å². The summed E-state index contributed by atoms with van der Waals surface area (Å²) in [5.41, 5.74) is 8.36. The van der Waals surface area contributed by atoms with Crippen molar-refractivity contribution >= 4 is 17.4 Å². The van der Waals surface area contributed by atoms with Crippen LogP contribution in [-0.2, 0) is 11.3 Å². The summed E-state index contributed by atoms with van der Waals surface area (Å²) >= 11 is 0. The molecule has 18 heavy (non-hydrogen) atoms. The Hall–Kier alpha value is -2.37. The topological polar surface area (TPSA) is 85.8 Å². The zero-order valence-corrected chi connectivity index (χ0v) is 10.3. The first kappa shape index (κ1) is 12.1. The Morgan fingerprint density at radius 2 is 2.22 bits per heavy atom. The van der Waals surface area contributed by atoms with Crippen molar-refractivity contribution in [3.63, 3.8) is 0 Å². The number of nitrogens with zero attached hydrogens (tertiary/aromatic N) is 3. The zero-order valence-electron chi connectivity index (χ0n) is 10.3. The van der Waals surface area contributed by atoms with Crippen molar-refractivity contribution in [1.82, 2.24) is 15.0 Å². The number of hydrogen-bond acceptors (Lipinski definition) is 4. The van der Waals surface area contributed by atoms with Gasteiger partial charge in [0.2, 0.25) is 5.91 Å². The first-order chi connectivity index (χ1) is 8.54. The maximum absolute atomic E-state index is 11.8. The molecule has 2 aromatic rings. The highest BCUT2D eigenvalue weighted by Crippen LogP contribution is 2.16. The van der Waals surface area contributed by atoms with Crippen LogP contribution in [0.25, 0.3) is 0 Å². The monoisotopic (exact) mass is 245 g/mol. The molecule has 1 aromatic heterocycles. The van der Waals surface area contributed by atoms with Crippen molar-refractivity contribution in [3.05, 3.63) is 35.5 Å². The van der Waals surface area contributed by atoms with Crippen LogP contribution < -0.4 is 11.1 Å². The Morgan fingerprint density at radius 1 is 1.44 bits per heavy atom. The molecule has 0 aliphatic carbocycles. The van der Waals surface area contributed by atoms with Crippen LogP contribution in [0.3, 0.4) is 0 Å². The van der Waals surface area contributed by atoms with Gasteiger partial charge in [-0.2, -0.15) is 0 Å². The van der Waals surface area contributed by atoms with Crippen molar-refractivity contribution in [1.29, 1.82) is 0 Å². The van der Waals surface area contributed by atoms with Gasteiger partial charge in [-0.25, -0.2) is 4.68 Å². The number of benzene rings is 1. The maximum atomic E-state index is 11.8. The molecule has 6 heteroatoms. The lowest BCUT2D eigenvalue weighted by Crippen LogP contribution is -2.19. The number of carbonyl (C=O) groups excluding carboxylic acids is 1. The second-order valence-electron chi connectivity index (χ2n) is 4.21. The van der Waals surface area contributed by atoms with Gasteiger partial charge in [0.1, 0.15) is 6.54 Å². The number of nitrogens with two attached hydrogens (primary N) is 1. The van der Waals surface area contributed by atoms with Gasteiger partial charge in [-0.3, -0.25) is 4.79 Å². The summed E-state index contributed by atoms with van der Waals surface area (Å²) in [6.45, 7) is 4.02. The predicted octanol–water partition coefficient (Wildman–Crippen LogP) is 1.12. The minimum Gasteiger partial charge on any atom is -0.381 e. The molecule has 0 atom stereocenters. The van der Waals surface area contributed by atoms with Crippen LogP contribution in [0.2, 0.25) is 0 Å². The molecule has 0 aliphatic heterocycles. The predicted molar refractivity (Wildman–Crippen MR) is 69.0 cm³/mol. The van der Waals surface area contributed by atoms with E-state index >= 15 is 0 Å². The normalized spacial score (nSPS) is 10.3. The van der Waals surface area contributed by atoms with E-state index in [0.717, 1.165) is 16.8 Å². The minimum atomic E-state index is -0.159. The van der Waals surface area contributed by atoms with Gasteiger partial charge < -0.3 is 11.1 Å². The third-order valence-corrected chi connectivity index (χ3v) is 2.53. The summed E-state index contributed by atoms with van der Waals surface area (Å²) in [6.07, 6.45) is 1.52. The zero-order chi connectivity index (χ0) is 13.1. The number of anilines is 2. The van der Waals surface area contributed by atoms with Crippen molar-refractivity contribution in [2.24, 2.45) is 0 Å². The Labute approximate surface area is 105 Å². The molecule has 1 amide bonds. The van der Waals surface area contributed by atoms with E-state index < -0.39 is 0 Å². The van der Waals surface area contributed by atoms with E-state index in [-0.39, 0.29) is 12.5 Å². The maximum Gasteiger partial charge on any atom is 0.246 e. The number of hydrogen-bond donors (Lipinski definition) is 2. The van der Waals surface area contributed by atoms with Gasteiger partial charge in [0.15, 0.2) is 5.82 Å². The number of aromatic nitrogens is 3. The fraction of sp³-hybridized carbons (Fsp3) is 0.250. The number of aryl methyl sites for hydroxylation is 2. The van der Waals surface area contributed by atoms with Crippen LogP contribution in [0.1, 0.15) is 11.1 Å². The molecule has 0 saturated carbocycles. The molecule has 6 nitrogen and oxygen atoms in total. The average molecular weight is 245 g/mol. The first-order valence-electron chi connectivity index (χ1n) is 5.57. The van der Waals surface area contributed by atoms with Crippen LogP contribution in [0.5, 0.6) is 0 Å². The van der Waals surface area contributed by atoms with Crippen molar-refractivity contribution in [3.8, 4) is 0 Å². The van der Waals surface area contributed by atoms with Gasteiger partial charge in [0.05, 0.1) is 6.20 Å². The summed E-state index contributed by atoms with van der Waals surface area (Å²) in [5, 5.41) is 10.2. The molecular weight excluding hydrogens is 230 g/mol. The second-order valence-corrected chi connectivity index (χ2v) is 4.21. The van der Waals surface area contributed by atoms with Crippen molar-refractivity contribution < 1.29 is 4.79 Å². The third kappa shape index (κ3) is 2.85. The molecule has 0 fully saturated rings. The highest BCUT2D eigenvalue weighted by Gasteiger charge is 2.07. The van der Waals surface area contributed by atoms with Gasteiger partial charge in [0.25, 0.3) is 0 Å². The lowest BCUT2D eigenvalue weighted by Gasteiger charge is -2.09. The van der Waals surface area contributed by atoms with E-state index in [1.165, 1.54) is 10.9 Å². The summed E-state index contributed by atoms with van der Waals surface area (Å²) in [4.78, 5) is 11.8. The first-order valence-corrected chi connectivity index (χ1v) is 5.57. The Bertz CT molecular complexity index is 576. The molecule has 0 bridgehead atoms. The fourth-order valence-corrected chi connectivity index (χ4v) is 1.60. The van der Waals surface area contributed by atoms with E-state index in [9.17, 15) is 4.79 Å². The molecule has 0 radical (unpaired) electrons. The molecular formula is C12H15N5O. The quantitative estimate of drug-likeness (QED) is 0.848. The van der Waals surface area contributed by atoms with Crippen molar-refractivity contribution in [2.75, 3.05) is 11.1 Å². The molecule has 0 unspecified atom stereocenters. The van der Waals surface area contributed by atoms with Gasteiger partial charge in [0, 0.05) is 5.69 Å². The van der Waals surface area contributed by atoms with Crippen LogP contribution in [0.4, 0.5) is 11.5 Å². The summed E-state index contributed by atoms with van der Waals surface area (Å²) in [7, 11) is 0. The average Bonchev–Trinajstić information content (AvgIpc) is 2.69. The van der Waals surface area contributed by atoms with E-state index in [2.05, 4.69) is 15.6 Å².